The maximum Gasteiger partial charge on any atom is 0.255 e. The van der Waals surface area contributed by atoms with E-state index in [0.717, 1.165) is 10.8 Å². The first-order valence-corrected chi connectivity index (χ1v) is 5.21. The average molecular weight is 237 g/mol. The minimum Gasteiger partial charge on any atom is -0.397 e. The van der Waals surface area contributed by atoms with E-state index in [1.54, 1.807) is 31.6 Å². The first-order valence-electron chi connectivity index (χ1n) is 5.21. The Hall–Kier alpha value is -1.91. The van der Waals surface area contributed by atoms with E-state index in [4.69, 9.17) is 5.73 Å². The molecule has 2 rings (SSSR count). The second kappa shape index (κ2) is 4.53. The molecule has 0 aliphatic rings. The number of hydrogen-bond acceptors (Lipinski definition) is 3. The molecule has 0 aliphatic carbocycles. The zero-order valence-corrected chi connectivity index (χ0v) is 9.40. The van der Waals surface area contributed by atoms with Gasteiger partial charge in [0.05, 0.1) is 17.9 Å². The van der Waals surface area contributed by atoms with Crippen LogP contribution < -0.4 is 10.6 Å². The van der Waals surface area contributed by atoms with Gasteiger partial charge in [-0.1, -0.05) is 6.07 Å². The Balaban J connectivity index is 2.45. The molecule has 90 valence electrons. The van der Waals surface area contributed by atoms with Crippen LogP contribution in [0.3, 0.4) is 0 Å². The molecule has 1 aromatic heterocycles. The van der Waals surface area contributed by atoms with Gasteiger partial charge in [-0.3, -0.25) is 4.98 Å². The SMILES string of the molecule is CN(CC(F)F)c1ccc2cnccc2c1N. The topological polar surface area (TPSA) is 42.2 Å². The summed E-state index contributed by atoms with van der Waals surface area (Å²) in [5.41, 5.74) is 7.10. The van der Waals surface area contributed by atoms with Gasteiger partial charge < -0.3 is 10.6 Å². The minimum absolute atomic E-state index is 0.333. The average Bonchev–Trinajstić information content (AvgIpc) is 2.28. The Morgan fingerprint density at radius 2 is 2.12 bits per heavy atom. The van der Waals surface area contributed by atoms with Crippen LogP contribution in [0.4, 0.5) is 20.2 Å². The van der Waals surface area contributed by atoms with Gasteiger partial charge in [0.25, 0.3) is 6.43 Å². The van der Waals surface area contributed by atoms with Crippen molar-refractivity contribution in [2.75, 3.05) is 24.2 Å². The second-order valence-electron chi connectivity index (χ2n) is 3.87. The van der Waals surface area contributed by atoms with Crippen molar-refractivity contribution in [3.8, 4) is 0 Å². The van der Waals surface area contributed by atoms with Crippen molar-refractivity contribution in [1.29, 1.82) is 0 Å². The van der Waals surface area contributed by atoms with Crippen LogP contribution in [0.2, 0.25) is 0 Å². The summed E-state index contributed by atoms with van der Waals surface area (Å²) in [6.45, 7) is -0.333. The lowest BCUT2D eigenvalue weighted by Crippen LogP contribution is -2.24. The number of nitrogens with zero attached hydrogens (tertiary/aromatic N) is 2. The van der Waals surface area contributed by atoms with Gasteiger partial charge in [-0.25, -0.2) is 8.78 Å². The lowest BCUT2D eigenvalue weighted by Gasteiger charge is -2.21. The molecule has 1 aromatic carbocycles. The highest BCUT2D eigenvalue weighted by Gasteiger charge is 2.12. The quantitative estimate of drug-likeness (QED) is 0.834. The van der Waals surface area contributed by atoms with E-state index in [9.17, 15) is 8.78 Å². The van der Waals surface area contributed by atoms with Gasteiger partial charge in [-0.15, -0.1) is 0 Å². The zero-order chi connectivity index (χ0) is 12.4. The van der Waals surface area contributed by atoms with Crippen LogP contribution in [0, 0.1) is 0 Å². The summed E-state index contributed by atoms with van der Waals surface area (Å²) in [6.07, 6.45) is 0.950. The zero-order valence-electron chi connectivity index (χ0n) is 9.40. The van der Waals surface area contributed by atoms with Crippen LogP contribution in [0.1, 0.15) is 0 Å². The second-order valence-corrected chi connectivity index (χ2v) is 3.87. The Kier molecular flexibility index (Phi) is 3.08. The van der Waals surface area contributed by atoms with Crippen LogP contribution in [0.15, 0.2) is 30.6 Å². The van der Waals surface area contributed by atoms with Gasteiger partial charge in [-0.2, -0.15) is 0 Å². The lowest BCUT2D eigenvalue weighted by atomic mass is 10.1. The van der Waals surface area contributed by atoms with Gasteiger partial charge in [0.15, 0.2) is 0 Å². The van der Waals surface area contributed by atoms with Gasteiger partial charge in [-0.05, 0) is 12.1 Å². The number of aromatic nitrogens is 1. The third kappa shape index (κ3) is 2.27. The summed E-state index contributed by atoms with van der Waals surface area (Å²) in [5.74, 6) is 0. The number of nitrogens with two attached hydrogens (primary N) is 1. The van der Waals surface area contributed by atoms with Crippen molar-refractivity contribution in [1.82, 2.24) is 4.98 Å². The molecule has 0 spiro atoms. The maximum absolute atomic E-state index is 12.3. The molecule has 0 saturated heterocycles. The van der Waals surface area contributed by atoms with Crippen molar-refractivity contribution in [2.24, 2.45) is 0 Å². The number of halogens is 2. The smallest absolute Gasteiger partial charge is 0.255 e. The molecular weight excluding hydrogens is 224 g/mol. The molecule has 1 heterocycles. The van der Waals surface area contributed by atoms with E-state index in [1.807, 2.05) is 6.07 Å². The molecule has 3 nitrogen and oxygen atoms in total. The molecule has 0 atom stereocenters. The summed E-state index contributed by atoms with van der Waals surface area (Å²) >= 11 is 0. The summed E-state index contributed by atoms with van der Waals surface area (Å²) in [7, 11) is 1.60. The predicted octanol–water partition coefficient (Wildman–Crippen LogP) is 2.52. The van der Waals surface area contributed by atoms with Crippen LogP contribution >= 0.6 is 0 Å². The molecule has 0 radical (unpaired) electrons. The monoisotopic (exact) mass is 237 g/mol. The molecule has 0 saturated carbocycles. The highest BCUT2D eigenvalue weighted by Crippen LogP contribution is 2.30. The molecule has 0 amide bonds. The number of nitrogen functional groups attached to an aromatic ring is 1. The van der Waals surface area contributed by atoms with Gasteiger partial charge >= 0.3 is 0 Å². The van der Waals surface area contributed by atoms with Gasteiger partial charge in [0.1, 0.15) is 0 Å². The number of pyridine rings is 1. The molecule has 0 fully saturated rings. The fraction of sp³-hybridized carbons (Fsp3) is 0.250. The van der Waals surface area contributed by atoms with Crippen molar-refractivity contribution >= 4 is 22.1 Å². The van der Waals surface area contributed by atoms with E-state index in [1.165, 1.54) is 4.90 Å². The van der Waals surface area contributed by atoms with E-state index in [0.29, 0.717) is 11.4 Å². The van der Waals surface area contributed by atoms with Crippen molar-refractivity contribution in [3.05, 3.63) is 30.6 Å². The van der Waals surface area contributed by atoms with E-state index < -0.39 is 6.43 Å². The minimum atomic E-state index is -2.38. The van der Waals surface area contributed by atoms with Crippen LogP contribution in [0.25, 0.3) is 10.8 Å². The van der Waals surface area contributed by atoms with E-state index in [2.05, 4.69) is 4.98 Å². The number of fused-ring (bicyclic) bond motifs is 1. The van der Waals surface area contributed by atoms with Crippen molar-refractivity contribution < 1.29 is 8.78 Å². The predicted molar refractivity (Wildman–Crippen MR) is 65.4 cm³/mol. The first-order chi connectivity index (χ1) is 8.09. The Morgan fingerprint density at radius 1 is 1.35 bits per heavy atom. The third-order valence-corrected chi connectivity index (χ3v) is 2.66. The molecule has 2 aromatic rings. The molecule has 0 unspecified atom stereocenters. The van der Waals surface area contributed by atoms with Crippen molar-refractivity contribution in [2.45, 2.75) is 6.43 Å². The molecular formula is C12H13F2N3. The number of benzene rings is 1. The molecule has 5 heteroatoms. The summed E-state index contributed by atoms with van der Waals surface area (Å²) in [4.78, 5) is 5.45. The molecule has 0 aliphatic heterocycles. The number of rotatable bonds is 3. The standard InChI is InChI=1S/C12H13F2N3/c1-17(7-11(13)14)10-3-2-8-6-16-5-4-9(8)12(10)15/h2-6,11H,7,15H2,1H3. The summed E-state index contributed by atoms with van der Waals surface area (Å²) in [6, 6.07) is 5.35. The number of hydrogen-bond donors (Lipinski definition) is 1. The normalized spacial score (nSPS) is 11.1. The van der Waals surface area contributed by atoms with E-state index >= 15 is 0 Å². The largest absolute Gasteiger partial charge is 0.397 e. The third-order valence-electron chi connectivity index (χ3n) is 2.66. The molecule has 17 heavy (non-hydrogen) atoms. The van der Waals surface area contributed by atoms with Gasteiger partial charge in [0, 0.05) is 30.2 Å². The highest BCUT2D eigenvalue weighted by molar-refractivity contribution is 5.98. The first kappa shape index (κ1) is 11.6. The number of anilines is 2. The Labute approximate surface area is 97.9 Å². The number of alkyl halides is 2. The Bertz CT molecular complexity index is 528. The lowest BCUT2D eigenvalue weighted by molar-refractivity contribution is 0.156. The molecule has 2 N–H and O–H groups in total. The van der Waals surface area contributed by atoms with Crippen LogP contribution in [0.5, 0.6) is 0 Å². The summed E-state index contributed by atoms with van der Waals surface area (Å²) < 4.78 is 24.6. The van der Waals surface area contributed by atoms with E-state index in [-0.39, 0.29) is 6.54 Å². The summed E-state index contributed by atoms with van der Waals surface area (Å²) in [5, 5.41) is 1.73. The fourth-order valence-corrected chi connectivity index (χ4v) is 1.82. The van der Waals surface area contributed by atoms with Gasteiger partial charge in [0.2, 0.25) is 0 Å². The Morgan fingerprint density at radius 3 is 2.82 bits per heavy atom. The fourth-order valence-electron chi connectivity index (χ4n) is 1.82. The highest BCUT2D eigenvalue weighted by atomic mass is 19.3. The van der Waals surface area contributed by atoms with Crippen LogP contribution in [-0.2, 0) is 0 Å². The van der Waals surface area contributed by atoms with Crippen LogP contribution in [-0.4, -0.2) is 25.0 Å². The molecule has 0 bridgehead atoms. The maximum atomic E-state index is 12.3. The van der Waals surface area contributed by atoms with Crippen molar-refractivity contribution in [3.63, 3.8) is 0 Å².